The van der Waals surface area contributed by atoms with Gasteiger partial charge >= 0.3 is 5.97 Å². The van der Waals surface area contributed by atoms with Crippen LogP contribution < -0.4 is 27.0 Å². The molecule has 0 aromatic carbocycles. The lowest BCUT2D eigenvalue weighted by atomic mass is 10.0. The molecule has 32 heavy (non-hydrogen) atoms. The summed E-state index contributed by atoms with van der Waals surface area (Å²) in [6.45, 7) is 4.57. The highest BCUT2D eigenvalue weighted by molar-refractivity contribution is 7.98. The number of amides is 4. The molecule has 182 valence electrons. The van der Waals surface area contributed by atoms with Gasteiger partial charge in [0.1, 0.15) is 18.1 Å². The van der Waals surface area contributed by atoms with Crippen LogP contribution in [0.25, 0.3) is 0 Å². The first-order valence-electron chi connectivity index (χ1n) is 10.7. The largest absolute Gasteiger partial charge is 0.480 e. The molecule has 1 aliphatic rings. The lowest BCUT2D eigenvalue weighted by Gasteiger charge is -2.26. The summed E-state index contributed by atoms with van der Waals surface area (Å²) < 4.78 is 0. The van der Waals surface area contributed by atoms with Gasteiger partial charge in [0.15, 0.2) is 0 Å². The van der Waals surface area contributed by atoms with Gasteiger partial charge in [0.25, 0.3) is 0 Å². The van der Waals surface area contributed by atoms with Crippen LogP contribution in [0.1, 0.15) is 46.0 Å². The number of nitrogens with one attached hydrogen (secondary N) is 4. The van der Waals surface area contributed by atoms with E-state index in [4.69, 9.17) is 5.73 Å². The molecule has 0 aliphatic carbocycles. The van der Waals surface area contributed by atoms with Crippen LogP contribution in [-0.2, 0) is 24.0 Å². The fourth-order valence-electron chi connectivity index (χ4n) is 3.33. The van der Waals surface area contributed by atoms with Gasteiger partial charge in [-0.3, -0.25) is 19.2 Å². The Labute approximate surface area is 192 Å². The number of hydrogen-bond donors (Lipinski definition) is 6. The van der Waals surface area contributed by atoms with Crippen LogP contribution in [0, 0.1) is 5.92 Å². The fourth-order valence-corrected chi connectivity index (χ4v) is 3.81. The molecule has 0 aromatic heterocycles. The third kappa shape index (κ3) is 9.86. The van der Waals surface area contributed by atoms with E-state index in [0.717, 1.165) is 13.0 Å². The summed E-state index contributed by atoms with van der Waals surface area (Å²) in [5.74, 6) is -3.15. The van der Waals surface area contributed by atoms with Gasteiger partial charge in [-0.1, -0.05) is 13.8 Å². The summed E-state index contributed by atoms with van der Waals surface area (Å²) in [6, 6.07) is -3.71. The zero-order valence-electron chi connectivity index (χ0n) is 18.8. The first-order valence-corrected chi connectivity index (χ1v) is 12.1. The molecule has 11 nitrogen and oxygen atoms in total. The highest BCUT2D eigenvalue weighted by atomic mass is 32.2. The molecule has 1 fully saturated rings. The zero-order valence-corrected chi connectivity index (χ0v) is 19.6. The summed E-state index contributed by atoms with van der Waals surface area (Å²) in [7, 11) is 0. The maximum absolute atomic E-state index is 13.0. The monoisotopic (exact) mass is 473 g/mol. The van der Waals surface area contributed by atoms with E-state index in [9.17, 15) is 29.1 Å². The SMILES string of the molecule is CSCCC(NC(=O)C(CC(C)C)NC(=O)C1CCCN1)C(=O)NC(CC(N)=O)C(=O)O. The number of rotatable bonds is 14. The van der Waals surface area contributed by atoms with E-state index in [0.29, 0.717) is 18.6 Å². The Morgan fingerprint density at radius 3 is 2.19 bits per heavy atom. The number of carbonyl (C=O) groups is 5. The molecule has 0 aromatic rings. The number of thioether (sulfide) groups is 1. The van der Waals surface area contributed by atoms with E-state index < -0.39 is 48.2 Å². The predicted octanol–water partition coefficient (Wildman–Crippen LogP) is -1.05. The maximum Gasteiger partial charge on any atom is 0.326 e. The van der Waals surface area contributed by atoms with Crippen LogP contribution in [0.3, 0.4) is 0 Å². The highest BCUT2D eigenvalue weighted by Crippen LogP contribution is 2.10. The van der Waals surface area contributed by atoms with Crippen molar-refractivity contribution in [2.24, 2.45) is 11.7 Å². The lowest BCUT2D eigenvalue weighted by molar-refractivity contribution is -0.143. The van der Waals surface area contributed by atoms with Gasteiger partial charge < -0.3 is 32.1 Å². The molecule has 4 amide bonds. The van der Waals surface area contributed by atoms with Gasteiger partial charge in [-0.25, -0.2) is 4.79 Å². The number of nitrogens with two attached hydrogens (primary N) is 1. The molecular weight excluding hydrogens is 438 g/mol. The average molecular weight is 474 g/mol. The van der Waals surface area contributed by atoms with E-state index in [2.05, 4.69) is 21.3 Å². The number of aliphatic carboxylic acids is 1. The smallest absolute Gasteiger partial charge is 0.326 e. The van der Waals surface area contributed by atoms with Crippen LogP contribution in [0.15, 0.2) is 0 Å². The summed E-state index contributed by atoms with van der Waals surface area (Å²) in [6.07, 6.45) is 3.46. The van der Waals surface area contributed by atoms with Crippen molar-refractivity contribution in [1.29, 1.82) is 0 Å². The molecule has 4 atom stereocenters. The second kappa shape index (κ2) is 13.9. The predicted molar refractivity (Wildman–Crippen MR) is 121 cm³/mol. The van der Waals surface area contributed by atoms with Gasteiger partial charge in [-0.2, -0.15) is 11.8 Å². The van der Waals surface area contributed by atoms with Crippen molar-refractivity contribution in [3.63, 3.8) is 0 Å². The summed E-state index contributed by atoms with van der Waals surface area (Å²) >= 11 is 1.46. The fraction of sp³-hybridized carbons (Fsp3) is 0.750. The van der Waals surface area contributed by atoms with Crippen LogP contribution in [-0.4, -0.2) is 77.4 Å². The second-order valence-corrected chi connectivity index (χ2v) is 9.24. The normalized spacial score (nSPS) is 18.4. The number of carboxylic acid groups (broad SMARTS) is 1. The van der Waals surface area contributed by atoms with Crippen molar-refractivity contribution in [3.8, 4) is 0 Å². The van der Waals surface area contributed by atoms with E-state index in [-0.39, 0.29) is 24.3 Å². The lowest BCUT2D eigenvalue weighted by Crippen LogP contribution is -2.57. The van der Waals surface area contributed by atoms with Gasteiger partial charge in [0, 0.05) is 0 Å². The first kappa shape index (κ1) is 27.7. The molecular formula is C20H35N5O6S. The number of carboxylic acids is 1. The molecule has 0 radical (unpaired) electrons. The molecule has 0 bridgehead atoms. The Hall–Kier alpha value is -2.34. The van der Waals surface area contributed by atoms with E-state index >= 15 is 0 Å². The van der Waals surface area contributed by atoms with E-state index in [1.807, 2.05) is 20.1 Å². The molecule has 0 spiro atoms. The first-order chi connectivity index (χ1) is 15.0. The molecule has 0 saturated carbocycles. The zero-order chi connectivity index (χ0) is 24.3. The van der Waals surface area contributed by atoms with Crippen molar-refractivity contribution in [2.75, 3.05) is 18.6 Å². The van der Waals surface area contributed by atoms with Gasteiger partial charge in [-0.05, 0) is 50.2 Å². The van der Waals surface area contributed by atoms with Crippen molar-refractivity contribution >= 4 is 41.4 Å². The Morgan fingerprint density at radius 2 is 1.69 bits per heavy atom. The van der Waals surface area contributed by atoms with Gasteiger partial charge in [0.2, 0.25) is 23.6 Å². The molecule has 7 N–H and O–H groups in total. The Bertz CT molecular complexity index is 683. The van der Waals surface area contributed by atoms with Crippen LogP contribution in [0.4, 0.5) is 0 Å². The second-order valence-electron chi connectivity index (χ2n) is 8.25. The molecule has 4 unspecified atom stereocenters. The minimum atomic E-state index is -1.49. The number of carbonyl (C=O) groups excluding carboxylic acids is 4. The third-order valence-corrected chi connectivity index (χ3v) is 5.62. The van der Waals surface area contributed by atoms with E-state index in [1.54, 1.807) is 0 Å². The number of hydrogen-bond acceptors (Lipinski definition) is 7. The minimum Gasteiger partial charge on any atom is -0.480 e. The van der Waals surface area contributed by atoms with Crippen LogP contribution >= 0.6 is 11.8 Å². The Morgan fingerprint density at radius 1 is 1.06 bits per heavy atom. The molecule has 1 heterocycles. The van der Waals surface area contributed by atoms with Crippen LogP contribution in [0.2, 0.25) is 0 Å². The van der Waals surface area contributed by atoms with Crippen molar-refractivity contribution in [2.45, 2.75) is 70.1 Å². The van der Waals surface area contributed by atoms with Crippen molar-refractivity contribution in [1.82, 2.24) is 21.3 Å². The topological polar surface area (TPSA) is 180 Å². The molecule has 1 aliphatic heterocycles. The van der Waals surface area contributed by atoms with Crippen molar-refractivity contribution < 1.29 is 29.1 Å². The standard InChI is InChI=1S/C20H35N5O6S/c1-11(2)9-14(24-17(27)12-5-4-7-22-12)19(29)23-13(6-8-32-3)18(28)25-15(20(30)31)10-16(21)26/h11-15,22H,4-10H2,1-3H3,(H2,21,26)(H,23,29)(H,24,27)(H,25,28)(H,30,31). The summed E-state index contributed by atoms with van der Waals surface area (Å²) in [5, 5.41) is 20.0. The minimum absolute atomic E-state index is 0.105. The Kier molecular flexibility index (Phi) is 12.1. The van der Waals surface area contributed by atoms with E-state index in [1.165, 1.54) is 11.8 Å². The average Bonchev–Trinajstić information content (AvgIpc) is 3.24. The molecule has 1 rings (SSSR count). The molecule has 12 heteroatoms. The third-order valence-electron chi connectivity index (χ3n) is 4.98. The molecule has 1 saturated heterocycles. The van der Waals surface area contributed by atoms with Crippen LogP contribution in [0.5, 0.6) is 0 Å². The quantitative estimate of drug-likeness (QED) is 0.185. The highest BCUT2D eigenvalue weighted by Gasteiger charge is 2.32. The van der Waals surface area contributed by atoms with Gasteiger partial charge in [-0.15, -0.1) is 0 Å². The van der Waals surface area contributed by atoms with Gasteiger partial charge in [0.05, 0.1) is 12.5 Å². The summed E-state index contributed by atoms with van der Waals surface area (Å²) in [5.41, 5.74) is 5.06. The Balaban J connectivity index is 2.90. The maximum atomic E-state index is 13.0. The summed E-state index contributed by atoms with van der Waals surface area (Å²) in [4.78, 5) is 60.6. The number of primary amides is 1. The van der Waals surface area contributed by atoms with Crippen molar-refractivity contribution in [3.05, 3.63) is 0 Å².